The van der Waals surface area contributed by atoms with Crippen LogP contribution in [-0.4, -0.2) is 35.0 Å². The number of nitrogens with zero attached hydrogens (tertiary/aromatic N) is 2. The molecule has 1 aromatic heterocycles. The molecule has 0 aliphatic carbocycles. The Kier molecular flexibility index (Phi) is 8.43. The molecular weight excluding hydrogens is 408 g/mol. The summed E-state index contributed by atoms with van der Waals surface area (Å²) in [6, 6.07) is 17.3. The molecular formula is C25H28N2O5. The number of rotatable bonds is 12. The molecule has 7 heteroatoms. The van der Waals surface area contributed by atoms with Crippen molar-refractivity contribution in [1.82, 2.24) is 4.98 Å². The second kappa shape index (κ2) is 11.7. The van der Waals surface area contributed by atoms with Gasteiger partial charge in [0.1, 0.15) is 18.1 Å². The average molecular weight is 437 g/mol. The second-order valence-corrected chi connectivity index (χ2v) is 7.37. The minimum atomic E-state index is -0.928. The number of aromatic nitrogens is 1. The third kappa shape index (κ3) is 6.97. The topological polar surface area (TPSA) is 94.2 Å². The third-order valence-electron chi connectivity index (χ3n) is 4.70. The molecule has 3 rings (SSSR count). The van der Waals surface area contributed by atoms with Crippen LogP contribution in [0.5, 0.6) is 5.75 Å². The molecule has 0 aliphatic rings. The van der Waals surface area contributed by atoms with Gasteiger partial charge >= 0.3 is 5.97 Å². The zero-order valence-corrected chi connectivity index (χ0v) is 18.4. The highest BCUT2D eigenvalue weighted by Gasteiger charge is 2.12. The molecule has 0 amide bonds. The van der Waals surface area contributed by atoms with Crippen molar-refractivity contribution in [3.8, 4) is 17.2 Å². The second-order valence-electron chi connectivity index (χ2n) is 7.37. The van der Waals surface area contributed by atoms with Gasteiger partial charge in [0, 0.05) is 18.4 Å². The summed E-state index contributed by atoms with van der Waals surface area (Å²) in [5.41, 5.74) is 3.25. The third-order valence-corrected chi connectivity index (χ3v) is 4.70. The van der Waals surface area contributed by atoms with Crippen LogP contribution in [-0.2, 0) is 22.5 Å². The zero-order chi connectivity index (χ0) is 22.8. The van der Waals surface area contributed by atoms with Crippen LogP contribution < -0.4 is 4.74 Å². The average Bonchev–Trinajstić information content (AvgIpc) is 3.16. The molecule has 2 aromatic carbocycles. The summed E-state index contributed by atoms with van der Waals surface area (Å²) in [6.07, 6.45) is 1.71. The molecule has 32 heavy (non-hydrogen) atoms. The van der Waals surface area contributed by atoms with Crippen molar-refractivity contribution < 1.29 is 23.9 Å². The molecule has 0 radical (unpaired) electrons. The molecule has 0 aliphatic heterocycles. The lowest BCUT2D eigenvalue weighted by atomic mass is 10.1. The number of hydrogen-bond acceptors (Lipinski definition) is 6. The van der Waals surface area contributed by atoms with E-state index in [1.165, 1.54) is 0 Å². The number of carbonyl (C=O) groups is 1. The number of benzene rings is 2. The van der Waals surface area contributed by atoms with Crippen LogP contribution in [0.1, 0.15) is 36.8 Å². The Labute approximate surface area is 187 Å². The van der Waals surface area contributed by atoms with Gasteiger partial charge in [0.15, 0.2) is 0 Å². The van der Waals surface area contributed by atoms with Crippen LogP contribution in [0, 0.1) is 6.92 Å². The summed E-state index contributed by atoms with van der Waals surface area (Å²) in [7, 11) is 0. The normalized spacial score (nSPS) is 11.4. The molecule has 168 valence electrons. The van der Waals surface area contributed by atoms with Crippen molar-refractivity contribution in [2.24, 2.45) is 5.16 Å². The number of oxime groups is 1. The summed E-state index contributed by atoms with van der Waals surface area (Å²) >= 11 is 0. The Bertz CT molecular complexity index is 1030. The van der Waals surface area contributed by atoms with E-state index in [0.717, 1.165) is 34.8 Å². The van der Waals surface area contributed by atoms with Gasteiger partial charge in [0.05, 0.1) is 24.4 Å². The molecule has 7 nitrogen and oxygen atoms in total. The van der Waals surface area contributed by atoms with Crippen LogP contribution in [0.15, 0.2) is 64.2 Å². The molecule has 1 N–H and O–H groups in total. The molecule has 1 heterocycles. The van der Waals surface area contributed by atoms with Crippen LogP contribution in [0.4, 0.5) is 0 Å². The number of aliphatic carboxylic acids is 1. The van der Waals surface area contributed by atoms with E-state index in [2.05, 4.69) is 10.1 Å². The maximum absolute atomic E-state index is 11.1. The number of ether oxygens (including phenoxy) is 1. The molecule has 0 saturated carbocycles. The lowest BCUT2D eigenvalue weighted by Crippen LogP contribution is -2.11. The monoisotopic (exact) mass is 436 g/mol. The van der Waals surface area contributed by atoms with Gasteiger partial charge in [-0.05, 0) is 43.2 Å². The van der Waals surface area contributed by atoms with Gasteiger partial charge in [-0.15, -0.1) is 0 Å². The van der Waals surface area contributed by atoms with E-state index in [-0.39, 0.29) is 6.42 Å². The summed E-state index contributed by atoms with van der Waals surface area (Å²) in [4.78, 5) is 20.8. The number of carboxylic acids is 1. The van der Waals surface area contributed by atoms with Crippen molar-refractivity contribution in [2.75, 3.05) is 13.2 Å². The highest BCUT2D eigenvalue weighted by atomic mass is 16.6. The first kappa shape index (κ1) is 23.1. The maximum Gasteiger partial charge on any atom is 0.309 e. The fourth-order valence-electron chi connectivity index (χ4n) is 3.10. The van der Waals surface area contributed by atoms with E-state index < -0.39 is 5.97 Å². The van der Waals surface area contributed by atoms with Gasteiger partial charge in [-0.25, -0.2) is 4.98 Å². The highest BCUT2D eigenvalue weighted by Crippen LogP contribution is 2.22. The Morgan fingerprint density at radius 2 is 1.84 bits per heavy atom. The fourth-order valence-corrected chi connectivity index (χ4v) is 3.10. The minimum absolute atomic E-state index is 0.149. The first-order chi connectivity index (χ1) is 15.5. The number of carboxylic acid groups (broad SMARTS) is 1. The molecule has 0 atom stereocenters. The van der Waals surface area contributed by atoms with Crippen molar-refractivity contribution >= 4 is 11.7 Å². The van der Waals surface area contributed by atoms with Gasteiger partial charge in [0.25, 0.3) is 0 Å². The van der Waals surface area contributed by atoms with Crippen molar-refractivity contribution in [1.29, 1.82) is 0 Å². The van der Waals surface area contributed by atoms with Crippen molar-refractivity contribution in [2.45, 2.75) is 39.5 Å². The van der Waals surface area contributed by atoms with Crippen molar-refractivity contribution in [3.05, 3.63) is 71.6 Å². The number of oxazole rings is 1. The van der Waals surface area contributed by atoms with E-state index in [4.69, 9.17) is 19.1 Å². The maximum atomic E-state index is 11.1. The van der Waals surface area contributed by atoms with E-state index in [1.54, 1.807) is 0 Å². The number of aryl methyl sites for hydroxylation is 1. The van der Waals surface area contributed by atoms with E-state index >= 15 is 0 Å². The molecule has 0 bridgehead atoms. The molecule has 3 aromatic rings. The van der Waals surface area contributed by atoms with Gasteiger partial charge in [-0.2, -0.15) is 0 Å². The van der Waals surface area contributed by atoms with Crippen LogP contribution in [0.25, 0.3) is 11.5 Å². The Hall–Kier alpha value is -3.61. The molecule has 0 saturated heterocycles. The highest BCUT2D eigenvalue weighted by molar-refractivity contribution is 5.99. The summed E-state index contributed by atoms with van der Waals surface area (Å²) in [5, 5.41) is 13.0. The van der Waals surface area contributed by atoms with Crippen molar-refractivity contribution in [3.63, 3.8) is 0 Å². The SMILES string of the molecule is CCCO/N=C(\CC(=O)O)Cc1ccc(OCCc2nc(-c3ccccc3)oc2C)cc1. The lowest BCUT2D eigenvalue weighted by molar-refractivity contribution is -0.135. The van der Waals surface area contributed by atoms with E-state index in [9.17, 15) is 4.79 Å². The Balaban J connectivity index is 1.53. The predicted octanol–water partition coefficient (Wildman–Crippen LogP) is 5.07. The summed E-state index contributed by atoms with van der Waals surface area (Å²) in [5.74, 6) is 1.21. The zero-order valence-electron chi connectivity index (χ0n) is 18.4. The largest absolute Gasteiger partial charge is 0.493 e. The van der Waals surface area contributed by atoms with E-state index in [0.29, 0.717) is 37.7 Å². The van der Waals surface area contributed by atoms with Gasteiger partial charge in [0.2, 0.25) is 5.89 Å². The summed E-state index contributed by atoms with van der Waals surface area (Å²) in [6.45, 7) is 4.81. The predicted molar refractivity (Wildman–Crippen MR) is 122 cm³/mol. The lowest BCUT2D eigenvalue weighted by Gasteiger charge is -2.08. The number of hydrogen-bond donors (Lipinski definition) is 1. The quantitative estimate of drug-likeness (QED) is 0.242. The Morgan fingerprint density at radius 1 is 1.09 bits per heavy atom. The molecule has 0 spiro atoms. The first-order valence-corrected chi connectivity index (χ1v) is 10.7. The molecule has 0 unspecified atom stereocenters. The van der Waals surface area contributed by atoms with Crippen LogP contribution in [0.2, 0.25) is 0 Å². The summed E-state index contributed by atoms with van der Waals surface area (Å²) < 4.78 is 11.6. The Morgan fingerprint density at radius 3 is 2.53 bits per heavy atom. The van der Waals surface area contributed by atoms with Crippen LogP contribution in [0.3, 0.4) is 0 Å². The first-order valence-electron chi connectivity index (χ1n) is 10.7. The standard InChI is InChI=1S/C25H28N2O5/c1-3-14-31-27-21(17-24(28)29)16-19-9-11-22(12-10-19)30-15-13-23-18(2)32-25(26-23)20-7-5-4-6-8-20/h4-12H,3,13-17H2,1-2H3,(H,28,29)/b27-21-. The fraction of sp³-hybridized carbons (Fsp3) is 0.320. The van der Waals surface area contributed by atoms with E-state index in [1.807, 2.05) is 68.4 Å². The van der Waals surface area contributed by atoms with Crippen LogP contribution >= 0.6 is 0 Å². The van der Waals surface area contributed by atoms with Gasteiger partial charge in [-0.1, -0.05) is 42.4 Å². The minimum Gasteiger partial charge on any atom is -0.493 e. The smallest absolute Gasteiger partial charge is 0.309 e. The van der Waals surface area contributed by atoms with Gasteiger partial charge < -0.3 is 19.1 Å². The van der Waals surface area contributed by atoms with Gasteiger partial charge in [-0.3, -0.25) is 4.79 Å². The molecule has 0 fully saturated rings.